The molecule has 14 heavy (non-hydrogen) atoms. The Kier molecular flexibility index (Phi) is 2.05. The lowest BCUT2D eigenvalue weighted by atomic mass is 10.2. The maximum atomic E-state index is 8.70. The van der Waals surface area contributed by atoms with Crippen LogP contribution < -0.4 is 11.1 Å². The van der Waals surface area contributed by atoms with Gasteiger partial charge in [-0.2, -0.15) is 5.26 Å². The normalized spacial score (nSPS) is 24.0. The van der Waals surface area contributed by atoms with E-state index in [1.807, 2.05) is 18.2 Å². The Labute approximate surface area is 83.5 Å². The summed E-state index contributed by atoms with van der Waals surface area (Å²) in [6.45, 7) is 2.21. The van der Waals surface area contributed by atoms with Gasteiger partial charge < -0.3 is 11.1 Å². The molecule has 0 aliphatic heterocycles. The highest BCUT2D eigenvalue weighted by atomic mass is 15.0. The number of hydrogen-bond acceptors (Lipinski definition) is 3. The molecule has 2 rings (SSSR count). The van der Waals surface area contributed by atoms with Crippen molar-refractivity contribution in [1.29, 1.82) is 5.26 Å². The second-order valence-corrected chi connectivity index (χ2v) is 3.88. The fourth-order valence-electron chi connectivity index (χ4n) is 1.49. The van der Waals surface area contributed by atoms with Crippen LogP contribution in [-0.2, 0) is 0 Å². The van der Waals surface area contributed by atoms with Gasteiger partial charge in [0.1, 0.15) is 6.07 Å². The van der Waals surface area contributed by atoms with Gasteiger partial charge in [-0.05, 0) is 30.5 Å². The Morgan fingerprint density at radius 3 is 2.79 bits per heavy atom. The largest absolute Gasteiger partial charge is 0.398 e. The van der Waals surface area contributed by atoms with E-state index in [9.17, 15) is 0 Å². The fraction of sp³-hybridized carbons (Fsp3) is 0.364. The van der Waals surface area contributed by atoms with Crippen LogP contribution in [0.15, 0.2) is 18.2 Å². The molecule has 0 amide bonds. The number of rotatable bonds is 2. The standard InChI is InChI=1S/C11H13N3/c1-7-4-11(7)14-9-3-2-8(6-12)10(13)5-9/h2-3,5,7,11,14H,4,13H2,1H3. The zero-order valence-corrected chi connectivity index (χ0v) is 8.12. The highest BCUT2D eigenvalue weighted by Crippen LogP contribution is 2.33. The molecule has 1 aromatic carbocycles. The van der Waals surface area contributed by atoms with Crippen molar-refractivity contribution in [1.82, 2.24) is 0 Å². The molecule has 0 spiro atoms. The van der Waals surface area contributed by atoms with Crippen LogP contribution in [0.4, 0.5) is 11.4 Å². The minimum atomic E-state index is 0.541. The first kappa shape index (κ1) is 8.89. The summed E-state index contributed by atoms with van der Waals surface area (Å²) < 4.78 is 0. The maximum absolute atomic E-state index is 8.70. The minimum Gasteiger partial charge on any atom is -0.398 e. The minimum absolute atomic E-state index is 0.541. The van der Waals surface area contributed by atoms with Gasteiger partial charge in [-0.15, -0.1) is 0 Å². The summed E-state index contributed by atoms with van der Waals surface area (Å²) in [6.07, 6.45) is 1.22. The molecule has 0 heterocycles. The molecular formula is C11H13N3. The van der Waals surface area contributed by atoms with Gasteiger partial charge in [-0.1, -0.05) is 6.92 Å². The number of nitrogens with one attached hydrogen (secondary N) is 1. The van der Waals surface area contributed by atoms with E-state index in [1.165, 1.54) is 6.42 Å². The smallest absolute Gasteiger partial charge is 0.101 e. The van der Waals surface area contributed by atoms with Crippen LogP contribution >= 0.6 is 0 Å². The lowest BCUT2D eigenvalue weighted by Crippen LogP contribution is -2.04. The third kappa shape index (κ3) is 1.64. The summed E-state index contributed by atoms with van der Waals surface area (Å²) in [7, 11) is 0. The van der Waals surface area contributed by atoms with E-state index < -0.39 is 0 Å². The van der Waals surface area contributed by atoms with Crippen LogP contribution in [0.5, 0.6) is 0 Å². The van der Waals surface area contributed by atoms with Gasteiger partial charge in [-0.25, -0.2) is 0 Å². The van der Waals surface area contributed by atoms with Crippen LogP contribution in [0.25, 0.3) is 0 Å². The predicted molar refractivity (Wildman–Crippen MR) is 56.8 cm³/mol. The second kappa shape index (κ2) is 3.22. The third-order valence-electron chi connectivity index (χ3n) is 2.63. The Bertz CT molecular complexity index is 392. The molecule has 1 fully saturated rings. The van der Waals surface area contributed by atoms with Crippen LogP contribution in [0.3, 0.4) is 0 Å². The van der Waals surface area contributed by atoms with Crippen molar-refractivity contribution < 1.29 is 0 Å². The van der Waals surface area contributed by atoms with Gasteiger partial charge in [0.05, 0.1) is 11.3 Å². The Balaban J connectivity index is 2.13. The molecule has 1 aliphatic carbocycles. The highest BCUT2D eigenvalue weighted by Gasteiger charge is 2.32. The summed E-state index contributed by atoms with van der Waals surface area (Å²) in [4.78, 5) is 0. The van der Waals surface area contributed by atoms with Crippen molar-refractivity contribution in [2.24, 2.45) is 5.92 Å². The molecule has 0 saturated heterocycles. The predicted octanol–water partition coefficient (Wildman–Crippen LogP) is 1.96. The average molecular weight is 187 g/mol. The van der Waals surface area contributed by atoms with Crippen molar-refractivity contribution in [3.63, 3.8) is 0 Å². The fourth-order valence-corrected chi connectivity index (χ4v) is 1.49. The number of benzene rings is 1. The first-order valence-corrected chi connectivity index (χ1v) is 4.77. The van der Waals surface area contributed by atoms with Crippen molar-refractivity contribution in [2.75, 3.05) is 11.1 Å². The van der Waals surface area contributed by atoms with E-state index in [4.69, 9.17) is 11.0 Å². The lowest BCUT2D eigenvalue weighted by Gasteiger charge is -2.06. The van der Waals surface area contributed by atoms with Gasteiger partial charge in [0.2, 0.25) is 0 Å². The average Bonchev–Trinajstić information content (AvgIpc) is 2.82. The number of nitrogens with two attached hydrogens (primary N) is 1. The van der Waals surface area contributed by atoms with Gasteiger partial charge in [0, 0.05) is 11.7 Å². The molecule has 0 aromatic heterocycles. The van der Waals surface area contributed by atoms with Gasteiger partial charge in [0.15, 0.2) is 0 Å². The van der Waals surface area contributed by atoms with Crippen LogP contribution in [-0.4, -0.2) is 6.04 Å². The monoisotopic (exact) mass is 187 g/mol. The summed E-state index contributed by atoms with van der Waals surface area (Å²) in [6, 6.07) is 8.11. The Morgan fingerprint density at radius 1 is 1.57 bits per heavy atom. The number of nitriles is 1. The SMILES string of the molecule is CC1CC1Nc1ccc(C#N)c(N)c1. The Morgan fingerprint density at radius 2 is 2.29 bits per heavy atom. The molecule has 0 bridgehead atoms. The highest BCUT2D eigenvalue weighted by molar-refractivity contribution is 5.63. The molecule has 3 N–H and O–H groups in total. The molecule has 1 aromatic rings. The first-order valence-electron chi connectivity index (χ1n) is 4.77. The quantitative estimate of drug-likeness (QED) is 0.696. The van der Waals surface area contributed by atoms with Gasteiger partial charge in [0.25, 0.3) is 0 Å². The molecule has 2 unspecified atom stereocenters. The summed E-state index contributed by atoms with van der Waals surface area (Å²) in [5.41, 5.74) is 7.80. The topological polar surface area (TPSA) is 61.8 Å². The van der Waals surface area contributed by atoms with E-state index >= 15 is 0 Å². The van der Waals surface area contributed by atoms with E-state index in [2.05, 4.69) is 12.2 Å². The van der Waals surface area contributed by atoms with E-state index in [0.29, 0.717) is 17.3 Å². The van der Waals surface area contributed by atoms with Crippen LogP contribution in [0, 0.1) is 17.2 Å². The van der Waals surface area contributed by atoms with E-state index in [0.717, 1.165) is 11.6 Å². The van der Waals surface area contributed by atoms with Crippen LogP contribution in [0.1, 0.15) is 18.9 Å². The first-order chi connectivity index (χ1) is 6.70. The summed E-state index contributed by atoms with van der Waals surface area (Å²) >= 11 is 0. The van der Waals surface area contributed by atoms with Crippen molar-refractivity contribution in [3.8, 4) is 6.07 Å². The zero-order valence-electron chi connectivity index (χ0n) is 8.12. The molecule has 2 atom stereocenters. The molecule has 1 aliphatic rings. The molecule has 72 valence electrons. The molecule has 3 nitrogen and oxygen atoms in total. The molecule has 3 heteroatoms. The van der Waals surface area contributed by atoms with Gasteiger partial charge >= 0.3 is 0 Å². The van der Waals surface area contributed by atoms with Crippen molar-refractivity contribution in [2.45, 2.75) is 19.4 Å². The third-order valence-corrected chi connectivity index (χ3v) is 2.63. The van der Waals surface area contributed by atoms with E-state index in [-0.39, 0.29) is 0 Å². The maximum Gasteiger partial charge on any atom is 0.101 e. The number of nitrogens with zero attached hydrogens (tertiary/aromatic N) is 1. The Hall–Kier alpha value is -1.69. The summed E-state index contributed by atoms with van der Waals surface area (Å²) in [5, 5.41) is 12.1. The second-order valence-electron chi connectivity index (χ2n) is 3.88. The van der Waals surface area contributed by atoms with Crippen LogP contribution in [0.2, 0.25) is 0 Å². The molecule has 0 radical (unpaired) electrons. The molecule has 1 saturated carbocycles. The number of hydrogen-bond donors (Lipinski definition) is 2. The summed E-state index contributed by atoms with van der Waals surface area (Å²) in [5.74, 6) is 0.756. The molecular weight excluding hydrogens is 174 g/mol. The van der Waals surface area contributed by atoms with Crippen molar-refractivity contribution in [3.05, 3.63) is 23.8 Å². The van der Waals surface area contributed by atoms with E-state index in [1.54, 1.807) is 6.07 Å². The van der Waals surface area contributed by atoms with Crippen molar-refractivity contribution >= 4 is 11.4 Å². The lowest BCUT2D eigenvalue weighted by molar-refractivity contribution is 0.929. The number of anilines is 2. The zero-order chi connectivity index (χ0) is 10.1. The number of nitrogen functional groups attached to an aromatic ring is 1. The van der Waals surface area contributed by atoms with Gasteiger partial charge in [-0.3, -0.25) is 0 Å².